The van der Waals surface area contributed by atoms with Crippen LogP contribution in [0.5, 0.6) is 0 Å². The van der Waals surface area contributed by atoms with E-state index in [9.17, 15) is 18.0 Å². The third-order valence-electron chi connectivity index (χ3n) is 2.41. The molecule has 0 aliphatic rings. The van der Waals surface area contributed by atoms with Gasteiger partial charge >= 0.3 is 0 Å². The summed E-state index contributed by atoms with van der Waals surface area (Å²) in [5.74, 6) is -5.23. The maximum absolute atomic E-state index is 13.4. The molecule has 1 heterocycles. The average Bonchev–Trinajstić information content (AvgIpc) is 2.36. The van der Waals surface area contributed by atoms with Crippen molar-refractivity contribution in [3.63, 3.8) is 0 Å². The van der Waals surface area contributed by atoms with Crippen molar-refractivity contribution < 1.29 is 18.0 Å². The number of carbonyl (C=O) groups is 1. The number of anilines is 1. The van der Waals surface area contributed by atoms with E-state index in [1.807, 2.05) is 0 Å². The van der Waals surface area contributed by atoms with Gasteiger partial charge in [-0.3, -0.25) is 4.79 Å². The van der Waals surface area contributed by atoms with Crippen LogP contribution in [0, 0.1) is 24.4 Å². The van der Waals surface area contributed by atoms with Gasteiger partial charge in [0.25, 0.3) is 5.91 Å². The van der Waals surface area contributed by atoms with Crippen molar-refractivity contribution in [1.29, 1.82) is 0 Å². The molecule has 1 N–H and O–H groups in total. The average molecular weight is 266 g/mol. The quantitative estimate of drug-likeness (QED) is 0.849. The van der Waals surface area contributed by atoms with E-state index in [-0.39, 0.29) is 5.82 Å². The first-order valence-electron chi connectivity index (χ1n) is 5.37. The Kier molecular flexibility index (Phi) is 3.50. The number of hydrogen-bond donors (Lipinski definition) is 1. The molecule has 1 aromatic carbocycles. The molecule has 0 unspecified atom stereocenters. The number of aromatic nitrogens is 1. The number of halogens is 3. The highest BCUT2D eigenvalue weighted by atomic mass is 19.2. The minimum Gasteiger partial charge on any atom is -0.306 e. The predicted octanol–water partition coefficient (Wildman–Crippen LogP) is 3.06. The molecule has 1 amide bonds. The number of nitrogens with zero attached hydrogens (tertiary/aromatic N) is 1. The number of aryl methyl sites for hydroxylation is 1. The van der Waals surface area contributed by atoms with Crippen LogP contribution in [0.2, 0.25) is 0 Å². The van der Waals surface area contributed by atoms with Crippen LogP contribution in [0.15, 0.2) is 30.3 Å². The Morgan fingerprint density at radius 1 is 1.11 bits per heavy atom. The highest BCUT2D eigenvalue weighted by Gasteiger charge is 2.19. The van der Waals surface area contributed by atoms with Crippen molar-refractivity contribution in [1.82, 2.24) is 4.98 Å². The molecule has 0 saturated carbocycles. The Bertz CT molecular complexity index is 644. The van der Waals surface area contributed by atoms with Crippen LogP contribution in [0.25, 0.3) is 0 Å². The van der Waals surface area contributed by atoms with E-state index in [0.29, 0.717) is 11.8 Å². The fourth-order valence-electron chi connectivity index (χ4n) is 1.50. The number of benzene rings is 1. The van der Waals surface area contributed by atoms with Crippen LogP contribution >= 0.6 is 0 Å². The normalized spacial score (nSPS) is 10.3. The van der Waals surface area contributed by atoms with Crippen LogP contribution in [0.4, 0.5) is 19.0 Å². The first-order valence-corrected chi connectivity index (χ1v) is 5.37. The topological polar surface area (TPSA) is 42.0 Å². The maximum atomic E-state index is 13.4. The van der Waals surface area contributed by atoms with Crippen molar-refractivity contribution in [3.8, 4) is 0 Å². The van der Waals surface area contributed by atoms with Crippen molar-refractivity contribution in [3.05, 3.63) is 59.0 Å². The van der Waals surface area contributed by atoms with Crippen molar-refractivity contribution in [2.75, 3.05) is 5.32 Å². The molecule has 0 fully saturated rings. The third kappa shape index (κ3) is 2.73. The van der Waals surface area contributed by atoms with Crippen LogP contribution in [-0.2, 0) is 0 Å². The minimum atomic E-state index is -1.68. The summed E-state index contributed by atoms with van der Waals surface area (Å²) in [5.41, 5.74) is 0.0748. The van der Waals surface area contributed by atoms with E-state index in [2.05, 4.69) is 10.3 Å². The third-order valence-corrected chi connectivity index (χ3v) is 2.41. The van der Waals surface area contributed by atoms with Crippen molar-refractivity contribution >= 4 is 11.7 Å². The molecular weight excluding hydrogens is 257 g/mol. The van der Waals surface area contributed by atoms with E-state index in [1.165, 1.54) is 6.07 Å². The minimum absolute atomic E-state index is 0.203. The Hall–Kier alpha value is -2.37. The van der Waals surface area contributed by atoms with Gasteiger partial charge in [0.05, 0.1) is 5.56 Å². The fourth-order valence-corrected chi connectivity index (χ4v) is 1.50. The van der Waals surface area contributed by atoms with Gasteiger partial charge in [-0.15, -0.1) is 0 Å². The molecule has 0 spiro atoms. The number of hydrogen-bond acceptors (Lipinski definition) is 2. The highest BCUT2D eigenvalue weighted by molar-refractivity contribution is 6.03. The molecule has 1 aromatic heterocycles. The van der Waals surface area contributed by atoms with E-state index < -0.39 is 28.9 Å². The van der Waals surface area contributed by atoms with Crippen LogP contribution in [-0.4, -0.2) is 10.9 Å². The second-order valence-corrected chi connectivity index (χ2v) is 3.84. The largest absolute Gasteiger partial charge is 0.306 e. The summed E-state index contributed by atoms with van der Waals surface area (Å²) in [4.78, 5) is 15.7. The fraction of sp³-hybridized carbons (Fsp3) is 0.0769. The number of amides is 1. The van der Waals surface area contributed by atoms with Crippen LogP contribution < -0.4 is 5.32 Å². The van der Waals surface area contributed by atoms with Gasteiger partial charge in [-0.25, -0.2) is 18.2 Å². The van der Waals surface area contributed by atoms with Gasteiger partial charge in [0.15, 0.2) is 17.5 Å². The number of carbonyl (C=O) groups excluding carboxylic acids is 1. The summed E-state index contributed by atoms with van der Waals surface area (Å²) in [6.07, 6.45) is 0. The monoisotopic (exact) mass is 266 g/mol. The molecule has 3 nitrogen and oxygen atoms in total. The lowest BCUT2D eigenvalue weighted by Crippen LogP contribution is -2.16. The Balaban J connectivity index is 2.28. The van der Waals surface area contributed by atoms with Gasteiger partial charge in [0, 0.05) is 5.69 Å². The second kappa shape index (κ2) is 5.09. The molecular formula is C13H9F3N2O. The van der Waals surface area contributed by atoms with Gasteiger partial charge in [0.2, 0.25) is 0 Å². The number of nitrogens with one attached hydrogen (secondary N) is 1. The smallest absolute Gasteiger partial charge is 0.259 e. The molecule has 0 saturated heterocycles. The van der Waals surface area contributed by atoms with Crippen LogP contribution in [0.3, 0.4) is 0 Å². The summed E-state index contributed by atoms with van der Waals surface area (Å²) in [5, 5.41) is 2.31. The Labute approximate surface area is 107 Å². The highest BCUT2D eigenvalue weighted by Crippen LogP contribution is 2.16. The molecule has 98 valence electrons. The molecule has 2 aromatic rings. The Morgan fingerprint density at radius 2 is 1.84 bits per heavy atom. The number of rotatable bonds is 2. The lowest BCUT2D eigenvalue weighted by molar-refractivity contribution is 0.102. The summed E-state index contributed by atoms with van der Waals surface area (Å²) in [6, 6.07) is 6.44. The van der Waals surface area contributed by atoms with E-state index >= 15 is 0 Å². The van der Waals surface area contributed by atoms with Gasteiger partial charge in [-0.05, 0) is 31.2 Å². The summed E-state index contributed by atoms with van der Waals surface area (Å²) in [7, 11) is 0. The molecule has 0 aliphatic heterocycles. The van der Waals surface area contributed by atoms with Crippen molar-refractivity contribution in [2.45, 2.75) is 6.92 Å². The summed E-state index contributed by atoms with van der Waals surface area (Å²) in [6.45, 7) is 1.72. The second-order valence-electron chi connectivity index (χ2n) is 3.84. The van der Waals surface area contributed by atoms with Crippen molar-refractivity contribution in [2.24, 2.45) is 0 Å². The van der Waals surface area contributed by atoms with Crippen LogP contribution in [0.1, 0.15) is 16.1 Å². The standard InChI is InChI=1S/C13H9F3N2O/c1-7-3-2-4-10(17-7)18-13(19)8-5-6-9(14)12(16)11(8)15/h2-6H,1H3,(H,17,18,19). The lowest BCUT2D eigenvalue weighted by Gasteiger charge is -2.06. The molecule has 0 bridgehead atoms. The summed E-state index contributed by atoms with van der Waals surface area (Å²) >= 11 is 0. The molecule has 2 rings (SSSR count). The van der Waals surface area contributed by atoms with E-state index in [1.54, 1.807) is 19.1 Å². The zero-order valence-corrected chi connectivity index (χ0v) is 9.88. The van der Waals surface area contributed by atoms with Gasteiger partial charge < -0.3 is 5.32 Å². The SMILES string of the molecule is Cc1cccc(NC(=O)c2ccc(F)c(F)c2F)n1. The predicted molar refractivity (Wildman–Crippen MR) is 63.2 cm³/mol. The first-order chi connectivity index (χ1) is 8.99. The summed E-state index contributed by atoms with van der Waals surface area (Å²) < 4.78 is 39.2. The maximum Gasteiger partial charge on any atom is 0.259 e. The Morgan fingerprint density at radius 3 is 2.53 bits per heavy atom. The zero-order chi connectivity index (χ0) is 14.0. The molecule has 0 radical (unpaired) electrons. The van der Waals surface area contributed by atoms with E-state index in [0.717, 1.165) is 6.07 Å². The first kappa shape index (κ1) is 13.1. The van der Waals surface area contributed by atoms with Gasteiger partial charge in [0.1, 0.15) is 5.82 Å². The lowest BCUT2D eigenvalue weighted by atomic mass is 10.2. The molecule has 19 heavy (non-hydrogen) atoms. The zero-order valence-electron chi connectivity index (χ0n) is 9.88. The number of pyridine rings is 1. The molecule has 0 aliphatic carbocycles. The molecule has 6 heteroatoms. The van der Waals surface area contributed by atoms with E-state index in [4.69, 9.17) is 0 Å². The van der Waals surface area contributed by atoms with Gasteiger partial charge in [-0.1, -0.05) is 6.07 Å². The molecule has 0 atom stereocenters. The van der Waals surface area contributed by atoms with Gasteiger partial charge in [-0.2, -0.15) is 0 Å².